The highest BCUT2D eigenvalue weighted by Crippen LogP contribution is 2.27. The molecule has 0 saturated carbocycles. The molecular weight excluding hydrogens is 248 g/mol. The maximum absolute atomic E-state index is 9.91. The maximum atomic E-state index is 9.91. The van der Waals surface area contributed by atoms with E-state index in [9.17, 15) is 5.11 Å². The Labute approximate surface area is 115 Å². The quantitative estimate of drug-likeness (QED) is 0.541. The first kappa shape index (κ1) is 11.1. The molecule has 2 aromatic carbocycles. The van der Waals surface area contributed by atoms with Crippen LogP contribution in [0.4, 0.5) is 0 Å². The predicted octanol–water partition coefficient (Wildman–Crippen LogP) is 4.09. The van der Waals surface area contributed by atoms with Gasteiger partial charge in [0.25, 0.3) is 0 Å². The molecule has 2 aromatic heterocycles. The minimum Gasteiger partial charge on any atom is -0.506 e. The van der Waals surface area contributed by atoms with Crippen LogP contribution in [0.25, 0.3) is 33.2 Å². The molecule has 4 rings (SSSR count). The van der Waals surface area contributed by atoms with Gasteiger partial charge in [-0.3, -0.25) is 0 Å². The van der Waals surface area contributed by atoms with Crippen LogP contribution in [-0.4, -0.2) is 15.1 Å². The van der Waals surface area contributed by atoms with Crippen molar-refractivity contribution >= 4 is 21.8 Å². The van der Waals surface area contributed by atoms with Gasteiger partial charge in [-0.1, -0.05) is 36.4 Å². The molecule has 2 N–H and O–H groups in total. The molecule has 0 aliphatic carbocycles. The molecule has 3 nitrogen and oxygen atoms in total. The number of phenolic OH excluding ortho intramolecular Hbond substituents is 1. The summed E-state index contributed by atoms with van der Waals surface area (Å²) in [6.45, 7) is 0. The van der Waals surface area contributed by atoms with Crippen LogP contribution in [0, 0.1) is 0 Å². The van der Waals surface area contributed by atoms with Gasteiger partial charge in [-0.05, 0) is 24.3 Å². The zero-order chi connectivity index (χ0) is 13.5. The Balaban J connectivity index is 1.95. The number of fused-ring (bicyclic) bond motifs is 2. The summed E-state index contributed by atoms with van der Waals surface area (Å²) in [5.74, 6) is 0.209. The van der Waals surface area contributed by atoms with E-state index in [-0.39, 0.29) is 5.75 Å². The molecule has 20 heavy (non-hydrogen) atoms. The molecule has 0 unspecified atom stereocenters. The second-order valence-corrected chi connectivity index (χ2v) is 4.82. The first-order valence-electron chi connectivity index (χ1n) is 6.48. The third kappa shape index (κ3) is 1.64. The number of aromatic amines is 1. The number of aromatic nitrogens is 2. The standard InChI is InChI=1S/C17H12N2O/c20-16-7-3-5-11-8-9-14(19-17(11)16)15-10-12-4-1-2-6-13(12)18-15/h1-10,18,20H. The fraction of sp³-hybridized carbons (Fsp3) is 0. The minimum absolute atomic E-state index is 0.209. The van der Waals surface area contributed by atoms with Crippen LogP contribution in [0.1, 0.15) is 0 Å². The van der Waals surface area contributed by atoms with Gasteiger partial charge in [0, 0.05) is 16.3 Å². The second kappa shape index (κ2) is 4.10. The topological polar surface area (TPSA) is 48.9 Å². The second-order valence-electron chi connectivity index (χ2n) is 4.82. The van der Waals surface area contributed by atoms with Crippen molar-refractivity contribution in [2.45, 2.75) is 0 Å². The van der Waals surface area contributed by atoms with Crippen LogP contribution in [0.5, 0.6) is 5.75 Å². The van der Waals surface area contributed by atoms with Gasteiger partial charge in [0.05, 0.1) is 11.4 Å². The molecule has 0 aliphatic heterocycles. The molecule has 0 saturated heterocycles. The number of rotatable bonds is 1. The van der Waals surface area contributed by atoms with Crippen LogP contribution < -0.4 is 0 Å². The van der Waals surface area contributed by atoms with Crippen LogP contribution >= 0.6 is 0 Å². The van der Waals surface area contributed by atoms with Gasteiger partial charge in [-0.25, -0.2) is 4.98 Å². The predicted molar refractivity (Wildman–Crippen MR) is 80.7 cm³/mol. The third-order valence-corrected chi connectivity index (χ3v) is 3.50. The fourth-order valence-corrected chi connectivity index (χ4v) is 2.49. The lowest BCUT2D eigenvalue weighted by molar-refractivity contribution is 0.480. The Morgan fingerprint density at radius 3 is 2.60 bits per heavy atom. The highest BCUT2D eigenvalue weighted by atomic mass is 16.3. The minimum atomic E-state index is 0.209. The Morgan fingerprint density at radius 2 is 1.70 bits per heavy atom. The largest absolute Gasteiger partial charge is 0.506 e. The zero-order valence-electron chi connectivity index (χ0n) is 10.7. The van der Waals surface area contributed by atoms with E-state index in [0.717, 1.165) is 27.7 Å². The Morgan fingerprint density at radius 1 is 0.850 bits per heavy atom. The molecule has 2 heterocycles. The smallest absolute Gasteiger partial charge is 0.141 e. The fourth-order valence-electron chi connectivity index (χ4n) is 2.49. The number of phenols is 1. The molecule has 4 aromatic rings. The molecular formula is C17H12N2O. The molecule has 0 spiro atoms. The average molecular weight is 260 g/mol. The Bertz CT molecular complexity index is 891. The number of hydrogen-bond acceptors (Lipinski definition) is 2. The summed E-state index contributed by atoms with van der Waals surface area (Å²) >= 11 is 0. The molecule has 0 fully saturated rings. The van der Waals surface area contributed by atoms with E-state index >= 15 is 0 Å². The van der Waals surface area contributed by atoms with Gasteiger partial charge in [0.15, 0.2) is 0 Å². The number of nitrogens with one attached hydrogen (secondary N) is 1. The number of H-pyrrole nitrogens is 1. The third-order valence-electron chi connectivity index (χ3n) is 3.50. The molecule has 0 aliphatic rings. The summed E-state index contributed by atoms with van der Waals surface area (Å²) in [4.78, 5) is 7.91. The van der Waals surface area contributed by atoms with Crippen molar-refractivity contribution in [2.24, 2.45) is 0 Å². The summed E-state index contributed by atoms with van der Waals surface area (Å²) in [6.07, 6.45) is 0. The van der Waals surface area contributed by atoms with E-state index in [1.807, 2.05) is 42.5 Å². The van der Waals surface area contributed by atoms with Gasteiger partial charge < -0.3 is 10.1 Å². The highest BCUT2D eigenvalue weighted by molar-refractivity contribution is 5.89. The van der Waals surface area contributed by atoms with Crippen molar-refractivity contribution in [2.75, 3.05) is 0 Å². The summed E-state index contributed by atoms with van der Waals surface area (Å²) in [7, 11) is 0. The summed E-state index contributed by atoms with van der Waals surface area (Å²) < 4.78 is 0. The lowest BCUT2D eigenvalue weighted by Gasteiger charge is -2.02. The number of para-hydroxylation sites is 2. The molecule has 0 radical (unpaired) electrons. The van der Waals surface area contributed by atoms with E-state index < -0.39 is 0 Å². The van der Waals surface area contributed by atoms with Crippen molar-refractivity contribution in [1.29, 1.82) is 0 Å². The van der Waals surface area contributed by atoms with E-state index in [1.54, 1.807) is 6.07 Å². The van der Waals surface area contributed by atoms with Gasteiger partial charge in [0.2, 0.25) is 0 Å². The van der Waals surface area contributed by atoms with Crippen LogP contribution in [0.2, 0.25) is 0 Å². The van der Waals surface area contributed by atoms with Crippen LogP contribution in [0.3, 0.4) is 0 Å². The Kier molecular flexibility index (Phi) is 2.27. The Hall–Kier alpha value is -2.81. The van der Waals surface area contributed by atoms with Crippen molar-refractivity contribution < 1.29 is 5.11 Å². The monoisotopic (exact) mass is 260 g/mol. The normalized spacial score (nSPS) is 11.2. The zero-order valence-corrected chi connectivity index (χ0v) is 10.7. The average Bonchev–Trinajstić information content (AvgIpc) is 2.91. The van der Waals surface area contributed by atoms with Crippen LogP contribution in [-0.2, 0) is 0 Å². The van der Waals surface area contributed by atoms with Crippen molar-refractivity contribution in [1.82, 2.24) is 9.97 Å². The number of nitrogens with zero attached hydrogens (tertiary/aromatic N) is 1. The molecule has 0 amide bonds. The first-order chi connectivity index (χ1) is 9.81. The lowest BCUT2D eigenvalue weighted by atomic mass is 10.1. The van der Waals surface area contributed by atoms with E-state index in [2.05, 4.69) is 22.1 Å². The van der Waals surface area contributed by atoms with Gasteiger partial charge in [0.1, 0.15) is 11.3 Å². The number of aromatic hydroxyl groups is 1. The van der Waals surface area contributed by atoms with Gasteiger partial charge in [-0.2, -0.15) is 0 Å². The number of hydrogen-bond donors (Lipinski definition) is 2. The van der Waals surface area contributed by atoms with Crippen molar-refractivity contribution in [3.05, 3.63) is 60.7 Å². The highest BCUT2D eigenvalue weighted by Gasteiger charge is 2.07. The van der Waals surface area contributed by atoms with Crippen LogP contribution in [0.15, 0.2) is 60.7 Å². The molecule has 0 bridgehead atoms. The van der Waals surface area contributed by atoms with Gasteiger partial charge in [-0.15, -0.1) is 0 Å². The van der Waals surface area contributed by atoms with Crippen molar-refractivity contribution in [3.63, 3.8) is 0 Å². The lowest BCUT2D eigenvalue weighted by Crippen LogP contribution is -1.85. The molecule has 3 heteroatoms. The first-order valence-corrected chi connectivity index (χ1v) is 6.48. The molecule has 0 atom stereocenters. The van der Waals surface area contributed by atoms with Gasteiger partial charge >= 0.3 is 0 Å². The van der Waals surface area contributed by atoms with E-state index in [0.29, 0.717) is 5.52 Å². The number of pyridine rings is 1. The SMILES string of the molecule is Oc1cccc2ccc(-c3cc4ccccc4[nH]3)nc12. The summed E-state index contributed by atoms with van der Waals surface area (Å²) in [5.41, 5.74) is 3.50. The summed E-state index contributed by atoms with van der Waals surface area (Å²) in [5, 5.41) is 12.0. The van der Waals surface area contributed by atoms with E-state index in [1.165, 1.54) is 0 Å². The maximum Gasteiger partial charge on any atom is 0.141 e. The summed E-state index contributed by atoms with van der Waals surface area (Å²) in [6, 6.07) is 19.6. The van der Waals surface area contributed by atoms with Crippen molar-refractivity contribution in [3.8, 4) is 17.1 Å². The van der Waals surface area contributed by atoms with E-state index in [4.69, 9.17) is 0 Å². The number of benzene rings is 2. The molecule has 96 valence electrons.